The Balaban J connectivity index is 2.03. The van der Waals surface area contributed by atoms with Crippen LogP contribution >= 0.6 is 0 Å². The third kappa shape index (κ3) is 3.62. The number of amides is 2. The second kappa shape index (κ2) is 6.43. The molecule has 2 aliphatic heterocycles. The third-order valence-electron chi connectivity index (χ3n) is 3.97. The Bertz CT molecular complexity index is 364. The van der Waals surface area contributed by atoms with E-state index in [1.807, 2.05) is 13.8 Å². The van der Waals surface area contributed by atoms with E-state index in [0.29, 0.717) is 19.6 Å². The molecule has 114 valence electrons. The quantitative estimate of drug-likeness (QED) is 0.835. The molecular weight excluding hydrogens is 260 g/mol. The number of aliphatic carboxylic acids is 1. The highest BCUT2D eigenvalue weighted by Crippen LogP contribution is 2.22. The molecule has 6 nitrogen and oxygen atoms in total. The topological polar surface area (TPSA) is 70.1 Å². The molecule has 3 unspecified atom stereocenters. The summed E-state index contributed by atoms with van der Waals surface area (Å²) in [5.74, 6) is -0.835. The monoisotopic (exact) mass is 284 g/mol. The number of nitrogens with zero attached hydrogens (tertiary/aromatic N) is 2. The lowest BCUT2D eigenvalue weighted by atomic mass is 9.99. The molecule has 2 fully saturated rings. The highest BCUT2D eigenvalue weighted by Gasteiger charge is 2.34. The van der Waals surface area contributed by atoms with Crippen LogP contribution in [0.2, 0.25) is 0 Å². The number of carboxylic acid groups (broad SMARTS) is 1. The molecular formula is C14H24N2O4. The van der Waals surface area contributed by atoms with Crippen LogP contribution in [0.1, 0.15) is 39.5 Å². The van der Waals surface area contributed by atoms with Crippen molar-refractivity contribution in [3.05, 3.63) is 0 Å². The third-order valence-corrected chi connectivity index (χ3v) is 3.97. The van der Waals surface area contributed by atoms with E-state index in [1.54, 1.807) is 9.80 Å². The van der Waals surface area contributed by atoms with Crippen LogP contribution in [0.15, 0.2) is 0 Å². The molecule has 3 atom stereocenters. The molecule has 0 saturated carbocycles. The Hall–Kier alpha value is -1.30. The van der Waals surface area contributed by atoms with Crippen molar-refractivity contribution in [3.8, 4) is 0 Å². The SMILES string of the molecule is CC1CN(C(=O)N2CCCCC2CC(=O)O)CC(C)O1. The molecule has 0 aromatic heterocycles. The van der Waals surface area contributed by atoms with Crippen molar-refractivity contribution in [3.63, 3.8) is 0 Å². The molecule has 0 aromatic rings. The van der Waals surface area contributed by atoms with Gasteiger partial charge >= 0.3 is 12.0 Å². The molecule has 0 spiro atoms. The van der Waals surface area contributed by atoms with Gasteiger partial charge in [0, 0.05) is 25.7 Å². The van der Waals surface area contributed by atoms with Gasteiger partial charge in [-0.1, -0.05) is 0 Å². The number of hydrogen-bond donors (Lipinski definition) is 1. The van der Waals surface area contributed by atoms with Gasteiger partial charge in [0.15, 0.2) is 0 Å². The Morgan fingerprint density at radius 2 is 1.85 bits per heavy atom. The molecule has 1 N–H and O–H groups in total. The molecule has 2 aliphatic rings. The van der Waals surface area contributed by atoms with E-state index in [9.17, 15) is 9.59 Å². The van der Waals surface area contributed by atoms with E-state index in [-0.39, 0.29) is 30.7 Å². The van der Waals surface area contributed by atoms with Crippen LogP contribution in [-0.4, -0.2) is 64.8 Å². The maximum Gasteiger partial charge on any atom is 0.320 e. The predicted octanol–water partition coefficient (Wildman–Crippen LogP) is 1.54. The molecule has 2 saturated heterocycles. The van der Waals surface area contributed by atoms with Crippen LogP contribution in [0.4, 0.5) is 4.79 Å². The number of likely N-dealkylation sites (tertiary alicyclic amines) is 1. The smallest absolute Gasteiger partial charge is 0.320 e. The van der Waals surface area contributed by atoms with Crippen molar-refractivity contribution in [2.45, 2.75) is 57.8 Å². The number of carbonyl (C=O) groups is 2. The van der Waals surface area contributed by atoms with E-state index in [2.05, 4.69) is 0 Å². The maximum atomic E-state index is 12.6. The van der Waals surface area contributed by atoms with Gasteiger partial charge in [0.05, 0.1) is 18.6 Å². The van der Waals surface area contributed by atoms with Crippen molar-refractivity contribution in [1.29, 1.82) is 0 Å². The second-order valence-corrected chi connectivity index (χ2v) is 5.89. The summed E-state index contributed by atoms with van der Waals surface area (Å²) in [6, 6.07) is -0.194. The molecule has 6 heteroatoms. The largest absolute Gasteiger partial charge is 0.481 e. The van der Waals surface area contributed by atoms with Crippen LogP contribution in [0.25, 0.3) is 0 Å². The average molecular weight is 284 g/mol. The van der Waals surface area contributed by atoms with E-state index < -0.39 is 5.97 Å². The molecule has 0 bridgehead atoms. The lowest BCUT2D eigenvalue weighted by Gasteiger charge is -2.42. The van der Waals surface area contributed by atoms with Crippen molar-refractivity contribution in [2.75, 3.05) is 19.6 Å². The minimum atomic E-state index is -0.835. The maximum absolute atomic E-state index is 12.6. The zero-order valence-electron chi connectivity index (χ0n) is 12.2. The number of ether oxygens (including phenoxy) is 1. The number of carboxylic acids is 1. The summed E-state index contributed by atoms with van der Waals surface area (Å²) in [5.41, 5.74) is 0. The Labute approximate surface area is 119 Å². The lowest BCUT2D eigenvalue weighted by molar-refractivity contribution is -0.138. The van der Waals surface area contributed by atoms with Crippen molar-refractivity contribution >= 4 is 12.0 Å². The van der Waals surface area contributed by atoms with Gasteiger partial charge in [-0.05, 0) is 33.1 Å². The number of carbonyl (C=O) groups excluding carboxylic acids is 1. The van der Waals surface area contributed by atoms with Crippen LogP contribution in [0.5, 0.6) is 0 Å². The van der Waals surface area contributed by atoms with E-state index >= 15 is 0 Å². The van der Waals surface area contributed by atoms with Gasteiger partial charge in [0.1, 0.15) is 0 Å². The number of urea groups is 1. The van der Waals surface area contributed by atoms with Gasteiger partial charge in [-0.15, -0.1) is 0 Å². The normalized spacial score (nSPS) is 31.2. The molecule has 0 aromatic carbocycles. The standard InChI is InChI=1S/C14H24N2O4/c1-10-8-15(9-11(2)20-10)14(19)16-6-4-3-5-12(16)7-13(17)18/h10-12H,3-9H2,1-2H3,(H,17,18). The fourth-order valence-corrected chi connectivity index (χ4v) is 3.18. The van der Waals surface area contributed by atoms with Gasteiger partial charge in [-0.3, -0.25) is 4.79 Å². The summed E-state index contributed by atoms with van der Waals surface area (Å²) >= 11 is 0. The summed E-state index contributed by atoms with van der Waals surface area (Å²) in [6.07, 6.45) is 2.85. The minimum Gasteiger partial charge on any atom is -0.481 e. The van der Waals surface area contributed by atoms with Crippen molar-refractivity contribution in [2.24, 2.45) is 0 Å². The number of piperidine rings is 1. The fraction of sp³-hybridized carbons (Fsp3) is 0.857. The van der Waals surface area contributed by atoms with Crippen molar-refractivity contribution < 1.29 is 19.4 Å². The Kier molecular flexibility index (Phi) is 4.86. The molecule has 0 radical (unpaired) electrons. The first-order valence-electron chi connectivity index (χ1n) is 7.40. The first-order valence-corrected chi connectivity index (χ1v) is 7.40. The van der Waals surface area contributed by atoms with Crippen molar-refractivity contribution in [1.82, 2.24) is 9.80 Å². The molecule has 2 amide bonds. The number of hydrogen-bond acceptors (Lipinski definition) is 3. The van der Waals surface area contributed by atoms with Gasteiger partial charge in [-0.25, -0.2) is 4.79 Å². The van der Waals surface area contributed by atoms with E-state index in [0.717, 1.165) is 19.3 Å². The fourth-order valence-electron chi connectivity index (χ4n) is 3.18. The highest BCUT2D eigenvalue weighted by molar-refractivity contribution is 5.76. The van der Waals surface area contributed by atoms with Gasteiger partial charge in [-0.2, -0.15) is 0 Å². The molecule has 20 heavy (non-hydrogen) atoms. The Morgan fingerprint density at radius 3 is 2.45 bits per heavy atom. The van der Waals surface area contributed by atoms with Crippen LogP contribution in [0.3, 0.4) is 0 Å². The highest BCUT2D eigenvalue weighted by atomic mass is 16.5. The Morgan fingerprint density at radius 1 is 1.20 bits per heavy atom. The first kappa shape index (κ1) is 15.1. The van der Waals surface area contributed by atoms with Gasteiger partial charge in [0.2, 0.25) is 0 Å². The summed E-state index contributed by atoms with van der Waals surface area (Å²) in [5, 5.41) is 8.99. The predicted molar refractivity (Wildman–Crippen MR) is 73.6 cm³/mol. The zero-order chi connectivity index (χ0) is 14.7. The summed E-state index contributed by atoms with van der Waals surface area (Å²) in [6.45, 7) is 5.75. The average Bonchev–Trinajstić information content (AvgIpc) is 2.36. The van der Waals surface area contributed by atoms with Crippen LogP contribution in [0, 0.1) is 0 Å². The van der Waals surface area contributed by atoms with Gasteiger partial charge in [0.25, 0.3) is 0 Å². The van der Waals surface area contributed by atoms with E-state index in [4.69, 9.17) is 9.84 Å². The number of morpholine rings is 1. The molecule has 2 rings (SSSR count). The second-order valence-electron chi connectivity index (χ2n) is 5.89. The van der Waals surface area contributed by atoms with Crippen LogP contribution in [-0.2, 0) is 9.53 Å². The van der Waals surface area contributed by atoms with Crippen LogP contribution < -0.4 is 0 Å². The van der Waals surface area contributed by atoms with E-state index in [1.165, 1.54) is 0 Å². The minimum absolute atomic E-state index is 0.0297. The molecule has 2 heterocycles. The zero-order valence-corrected chi connectivity index (χ0v) is 12.2. The van der Waals surface area contributed by atoms with Gasteiger partial charge < -0.3 is 19.6 Å². The number of rotatable bonds is 2. The molecule has 0 aliphatic carbocycles. The first-order chi connectivity index (χ1) is 9.47. The lowest BCUT2D eigenvalue weighted by Crippen LogP contribution is -2.56. The summed E-state index contributed by atoms with van der Waals surface area (Å²) in [7, 11) is 0. The summed E-state index contributed by atoms with van der Waals surface area (Å²) < 4.78 is 5.64. The summed E-state index contributed by atoms with van der Waals surface area (Å²) in [4.78, 5) is 27.1.